The molecule has 1 aliphatic heterocycles. The predicted molar refractivity (Wildman–Crippen MR) is 104 cm³/mol. The Balaban J connectivity index is 1.56. The molecule has 3 rings (SSSR count). The van der Waals surface area contributed by atoms with E-state index in [0.717, 1.165) is 5.56 Å². The van der Waals surface area contributed by atoms with E-state index in [4.69, 9.17) is 4.42 Å². The number of urea groups is 1. The Kier molecular flexibility index (Phi) is 5.98. The molecule has 148 valence electrons. The molecular weight excluding hydrogens is 360 g/mol. The van der Waals surface area contributed by atoms with Gasteiger partial charge in [-0.3, -0.25) is 9.59 Å². The third kappa shape index (κ3) is 4.33. The molecule has 0 radical (unpaired) electrons. The standard InChI is InChI=1S/C20H24N4O4/c1-3-21-18(25)15-6-7-16(14(2)13-15)22-20(27)24-10-8-23(9-11-24)19(26)17-5-4-12-28-17/h4-7,12-13H,3,8-11H2,1-2H3,(H,21,25)(H,22,27). The average Bonchev–Trinajstić information content (AvgIpc) is 3.24. The molecule has 0 aliphatic carbocycles. The third-order valence-electron chi connectivity index (χ3n) is 4.65. The first-order chi connectivity index (χ1) is 13.5. The first-order valence-electron chi connectivity index (χ1n) is 9.27. The van der Waals surface area contributed by atoms with Gasteiger partial charge in [-0.05, 0) is 49.7 Å². The average molecular weight is 384 g/mol. The van der Waals surface area contributed by atoms with Crippen molar-refractivity contribution in [3.63, 3.8) is 0 Å². The van der Waals surface area contributed by atoms with Crippen LogP contribution in [-0.2, 0) is 0 Å². The molecule has 1 aliphatic rings. The summed E-state index contributed by atoms with van der Waals surface area (Å²) in [4.78, 5) is 40.1. The lowest BCUT2D eigenvalue weighted by Crippen LogP contribution is -2.51. The van der Waals surface area contributed by atoms with Gasteiger partial charge in [0.1, 0.15) is 0 Å². The molecule has 8 nitrogen and oxygen atoms in total. The summed E-state index contributed by atoms with van der Waals surface area (Å²) in [6.45, 7) is 6.04. The summed E-state index contributed by atoms with van der Waals surface area (Å²) in [5, 5.41) is 5.63. The number of nitrogens with zero attached hydrogens (tertiary/aromatic N) is 2. The van der Waals surface area contributed by atoms with Crippen LogP contribution in [0.2, 0.25) is 0 Å². The van der Waals surface area contributed by atoms with Crippen LogP contribution in [-0.4, -0.2) is 60.4 Å². The van der Waals surface area contributed by atoms with Gasteiger partial charge in [0, 0.05) is 44.0 Å². The van der Waals surface area contributed by atoms with Gasteiger partial charge in [-0.15, -0.1) is 0 Å². The van der Waals surface area contributed by atoms with Gasteiger partial charge in [0.25, 0.3) is 11.8 Å². The van der Waals surface area contributed by atoms with Crippen LogP contribution in [0.4, 0.5) is 10.5 Å². The van der Waals surface area contributed by atoms with Gasteiger partial charge in [-0.25, -0.2) is 4.79 Å². The zero-order chi connectivity index (χ0) is 20.1. The number of benzene rings is 1. The van der Waals surface area contributed by atoms with Gasteiger partial charge in [-0.2, -0.15) is 0 Å². The van der Waals surface area contributed by atoms with Gasteiger partial charge in [0.05, 0.1) is 6.26 Å². The zero-order valence-corrected chi connectivity index (χ0v) is 16.0. The molecule has 0 atom stereocenters. The Bertz CT molecular complexity index is 855. The smallest absolute Gasteiger partial charge is 0.321 e. The fourth-order valence-electron chi connectivity index (χ4n) is 3.07. The minimum Gasteiger partial charge on any atom is -0.459 e. The lowest BCUT2D eigenvalue weighted by Gasteiger charge is -2.34. The number of rotatable bonds is 4. The van der Waals surface area contributed by atoms with E-state index in [2.05, 4.69) is 10.6 Å². The van der Waals surface area contributed by atoms with E-state index in [-0.39, 0.29) is 17.8 Å². The molecule has 0 spiro atoms. The molecule has 1 aromatic carbocycles. The summed E-state index contributed by atoms with van der Waals surface area (Å²) in [6.07, 6.45) is 1.47. The second kappa shape index (κ2) is 8.60. The first-order valence-corrected chi connectivity index (χ1v) is 9.27. The summed E-state index contributed by atoms with van der Waals surface area (Å²) in [7, 11) is 0. The van der Waals surface area contributed by atoms with Gasteiger partial charge < -0.3 is 24.9 Å². The Morgan fingerprint density at radius 1 is 1.07 bits per heavy atom. The number of amides is 4. The first kappa shape index (κ1) is 19.5. The van der Waals surface area contributed by atoms with Gasteiger partial charge in [0.15, 0.2) is 5.76 Å². The normalized spacial score (nSPS) is 13.9. The van der Waals surface area contributed by atoms with Crippen LogP contribution >= 0.6 is 0 Å². The molecule has 4 amide bonds. The van der Waals surface area contributed by atoms with Crippen molar-refractivity contribution in [3.8, 4) is 0 Å². The highest BCUT2D eigenvalue weighted by Gasteiger charge is 2.26. The summed E-state index contributed by atoms with van der Waals surface area (Å²) >= 11 is 0. The Morgan fingerprint density at radius 2 is 1.79 bits per heavy atom. The second-order valence-electron chi connectivity index (χ2n) is 6.58. The maximum atomic E-state index is 12.6. The Labute approximate surface area is 163 Å². The van der Waals surface area contributed by atoms with Crippen LogP contribution in [0.1, 0.15) is 33.4 Å². The summed E-state index contributed by atoms with van der Waals surface area (Å²) < 4.78 is 5.14. The number of carbonyl (C=O) groups excluding carboxylic acids is 3. The topological polar surface area (TPSA) is 94.9 Å². The molecular formula is C20H24N4O4. The minimum absolute atomic E-state index is 0.138. The fraction of sp³-hybridized carbons (Fsp3) is 0.350. The number of hydrogen-bond acceptors (Lipinski definition) is 4. The van der Waals surface area contributed by atoms with E-state index in [1.165, 1.54) is 6.26 Å². The van der Waals surface area contributed by atoms with Crippen molar-refractivity contribution in [1.29, 1.82) is 0 Å². The van der Waals surface area contributed by atoms with Crippen molar-refractivity contribution in [1.82, 2.24) is 15.1 Å². The van der Waals surface area contributed by atoms with Crippen LogP contribution in [0, 0.1) is 6.92 Å². The van der Waals surface area contributed by atoms with Gasteiger partial charge in [-0.1, -0.05) is 0 Å². The van der Waals surface area contributed by atoms with Crippen molar-refractivity contribution >= 4 is 23.5 Å². The van der Waals surface area contributed by atoms with Crippen LogP contribution in [0.5, 0.6) is 0 Å². The molecule has 2 aromatic rings. The van der Waals surface area contributed by atoms with Crippen molar-refractivity contribution in [3.05, 3.63) is 53.5 Å². The lowest BCUT2D eigenvalue weighted by atomic mass is 10.1. The minimum atomic E-state index is -0.223. The molecule has 0 saturated carbocycles. The summed E-state index contributed by atoms with van der Waals surface area (Å²) in [6, 6.07) is 8.26. The highest BCUT2D eigenvalue weighted by Crippen LogP contribution is 2.18. The maximum absolute atomic E-state index is 12.6. The molecule has 1 saturated heterocycles. The third-order valence-corrected chi connectivity index (χ3v) is 4.65. The van der Waals surface area contributed by atoms with Crippen molar-refractivity contribution in [2.75, 3.05) is 38.0 Å². The summed E-state index contributed by atoms with van der Waals surface area (Å²) in [5.74, 6) is 0.00314. The van der Waals surface area contributed by atoms with Gasteiger partial charge >= 0.3 is 6.03 Å². The summed E-state index contributed by atoms with van der Waals surface area (Å²) in [5.41, 5.74) is 2.03. The number of furan rings is 1. The Morgan fingerprint density at radius 3 is 2.39 bits per heavy atom. The van der Waals surface area contributed by atoms with E-state index in [9.17, 15) is 14.4 Å². The van der Waals surface area contributed by atoms with Gasteiger partial charge in [0.2, 0.25) is 0 Å². The lowest BCUT2D eigenvalue weighted by molar-refractivity contribution is 0.0640. The zero-order valence-electron chi connectivity index (χ0n) is 16.0. The highest BCUT2D eigenvalue weighted by molar-refractivity contribution is 5.96. The van der Waals surface area contributed by atoms with Crippen LogP contribution < -0.4 is 10.6 Å². The van der Waals surface area contributed by atoms with Crippen LogP contribution in [0.3, 0.4) is 0 Å². The van der Waals surface area contributed by atoms with E-state index in [1.54, 1.807) is 40.1 Å². The van der Waals surface area contributed by atoms with Crippen molar-refractivity contribution in [2.45, 2.75) is 13.8 Å². The van der Waals surface area contributed by atoms with E-state index < -0.39 is 0 Å². The van der Waals surface area contributed by atoms with Crippen LogP contribution in [0.25, 0.3) is 0 Å². The van der Waals surface area contributed by atoms with E-state index in [1.807, 2.05) is 13.8 Å². The molecule has 0 bridgehead atoms. The monoisotopic (exact) mass is 384 g/mol. The number of nitrogens with one attached hydrogen (secondary N) is 2. The largest absolute Gasteiger partial charge is 0.459 e. The SMILES string of the molecule is CCNC(=O)c1ccc(NC(=O)N2CCN(C(=O)c3ccco3)CC2)c(C)c1. The van der Waals surface area contributed by atoms with Crippen molar-refractivity contribution < 1.29 is 18.8 Å². The maximum Gasteiger partial charge on any atom is 0.321 e. The fourth-order valence-corrected chi connectivity index (χ4v) is 3.07. The highest BCUT2D eigenvalue weighted by atomic mass is 16.3. The second-order valence-corrected chi connectivity index (χ2v) is 6.58. The number of carbonyl (C=O) groups is 3. The predicted octanol–water partition coefficient (Wildman–Crippen LogP) is 2.33. The Hall–Kier alpha value is -3.29. The number of hydrogen-bond donors (Lipinski definition) is 2. The molecule has 2 heterocycles. The number of piperazine rings is 1. The molecule has 1 fully saturated rings. The number of anilines is 1. The van der Waals surface area contributed by atoms with E-state index >= 15 is 0 Å². The molecule has 0 unspecified atom stereocenters. The number of aryl methyl sites for hydroxylation is 1. The molecule has 8 heteroatoms. The molecule has 2 N–H and O–H groups in total. The quantitative estimate of drug-likeness (QED) is 0.846. The van der Waals surface area contributed by atoms with Crippen LogP contribution in [0.15, 0.2) is 41.0 Å². The van der Waals surface area contributed by atoms with Crippen molar-refractivity contribution in [2.24, 2.45) is 0 Å². The van der Waals surface area contributed by atoms with E-state index in [0.29, 0.717) is 49.7 Å². The molecule has 1 aromatic heterocycles. The molecule has 28 heavy (non-hydrogen) atoms.